The van der Waals surface area contributed by atoms with Crippen molar-refractivity contribution in [3.8, 4) is 0 Å². The van der Waals surface area contributed by atoms with Gasteiger partial charge in [-0.15, -0.1) is 0 Å². The van der Waals surface area contributed by atoms with Crippen molar-refractivity contribution in [1.29, 1.82) is 0 Å². The van der Waals surface area contributed by atoms with Crippen LogP contribution in [-0.4, -0.2) is 12.4 Å². The summed E-state index contributed by atoms with van der Waals surface area (Å²) < 4.78 is 111. The molecule has 0 saturated heterocycles. The lowest BCUT2D eigenvalue weighted by atomic mass is 9.92. The number of hydrogen-bond donors (Lipinski definition) is 0. The smallest absolute Gasteiger partial charge is 0.170 e. The molecule has 0 amide bonds. The summed E-state index contributed by atoms with van der Waals surface area (Å²) in [6, 6.07) is 1.67. The molecule has 0 fully saturated rings. The van der Waals surface area contributed by atoms with Crippen LogP contribution in [0, 0.1) is 5.92 Å². The highest BCUT2D eigenvalue weighted by Crippen LogP contribution is 2.48. The van der Waals surface area contributed by atoms with Crippen molar-refractivity contribution in [2.75, 3.05) is 0 Å². The van der Waals surface area contributed by atoms with E-state index in [1.807, 2.05) is 0 Å². The van der Waals surface area contributed by atoms with Crippen LogP contribution in [-0.2, 0) is 6.18 Å². The number of hydrogen-bond acceptors (Lipinski definition) is 0. The van der Waals surface area contributed by atoms with Crippen LogP contribution in [0.25, 0.3) is 0 Å². The highest BCUT2D eigenvalue weighted by Gasteiger charge is 2.60. The molecule has 0 heterocycles. The van der Waals surface area contributed by atoms with Gasteiger partial charge in [0.25, 0.3) is 0 Å². The van der Waals surface area contributed by atoms with Crippen molar-refractivity contribution >= 4 is 0 Å². The highest BCUT2D eigenvalue weighted by molar-refractivity contribution is 5.44. The Bertz CT molecular complexity index is 424. The summed E-state index contributed by atoms with van der Waals surface area (Å²) in [4.78, 5) is 0. The minimum atomic E-state index is -5.94. The molecule has 0 aliphatic rings. The second-order valence-corrected chi connectivity index (χ2v) is 3.41. The summed E-state index contributed by atoms with van der Waals surface area (Å²) >= 11 is 0. The molecule has 1 aromatic carbocycles. The third kappa shape index (κ3) is 3.54. The standard InChI is InChI=1S/C10H4F9/c11-8(12,13)6-4-2-1-3-5(6)7(9(14,15)16)10(17,18)19/h1-4H. The second kappa shape index (κ2) is 4.61. The number of rotatable bonds is 1. The SMILES string of the molecule is FC(F)(F)[C](c1ccccc1C(F)(F)F)C(F)(F)F. The molecule has 0 nitrogen and oxygen atoms in total. The fourth-order valence-electron chi connectivity index (χ4n) is 1.41. The molecule has 0 N–H and O–H groups in total. The van der Waals surface area contributed by atoms with Gasteiger partial charge in [-0.05, 0) is 11.6 Å². The molecule has 1 rings (SSSR count). The van der Waals surface area contributed by atoms with Gasteiger partial charge in [0, 0.05) is 0 Å². The Morgan fingerprint density at radius 2 is 1.11 bits per heavy atom. The van der Waals surface area contributed by atoms with Gasteiger partial charge in [-0.25, -0.2) is 0 Å². The van der Waals surface area contributed by atoms with E-state index >= 15 is 0 Å². The Balaban J connectivity index is 3.50. The zero-order chi connectivity index (χ0) is 15.1. The maximum Gasteiger partial charge on any atom is 0.416 e. The molecular formula is C10H4F9. The second-order valence-electron chi connectivity index (χ2n) is 3.41. The van der Waals surface area contributed by atoms with Crippen molar-refractivity contribution in [3.05, 3.63) is 41.3 Å². The number of benzene rings is 1. The van der Waals surface area contributed by atoms with E-state index in [9.17, 15) is 39.5 Å². The first-order valence-corrected chi connectivity index (χ1v) is 4.53. The van der Waals surface area contributed by atoms with Crippen LogP contribution in [0.2, 0.25) is 0 Å². The largest absolute Gasteiger partial charge is 0.416 e. The molecule has 9 heteroatoms. The molecule has 0 aromatic heterocycles. The Kier molecular flexibility index (Phi) is 3.79. The molecule has 0 spiro atoms. The van der Waals surface area contributed by atoms with Crippen LogP contribution in [0.4, 0.5) is 39.5 Å². The van der Waals surface area contributed by atoms with Crippen LogP contribution < -0.4 is 0 Å². The van der Waals surface area contributed by atoms with Crippen LogP contribution >= 0.6 is 0 Å². The molecule has 0 unspecified atom stereocenters. The predicted octanol–water partition coefficient (Wildman–Crippen LogP) is 4.75. The van der Waals surface area contributed by atoms with Gasteiger partial charge < -0.3 is 0 Å². The molecule has 0 aliphatic heterocycles. The maximum atomic E-state index is 12.4. The van der Waals surface area contributed by atoms with Crippen LogP contribution in [0.5, 0.6) is 0 Å². The van der Waals surface area contributed by atoms with E-state index in [4.69, 9.17) is 0 Å². The van der Waals surface area contributed by atoms with Gasteiger partial charge in [0.1, 0.15) is 0 Å². The molecule has 0 bridgehead atoms. The third-order valence-electron chi connectivity index (χ3n) is 2.07. The summed E-state index contributed by atoms with van der Waals surface area (Å²) in [5.41, 5.74) is -3.92. The fraction of sp³-hybridized carbons (Fsp3) is 0.300. The van der Waals surface area contributed by atoms with E-state index in [0.717, 1.165) is 0 Å². The summed E-state index contributed by atoms with van der Waals surface area (Å²) in [6.07, 6.45) is -17.2. The Hall–Kier alpha value is -1.41. The molecule has 0 saturated carbocycles. The fourth-order valence-corrected chi connectivity index (χ4v) is 1.41. The Morgan fingerprint density at radius 1 is 0.684 bits per heavy atom. The molecule has 0 atom stereocenters. The van der Waals surface area contributed by atoms with Crippen molar-refractivity contribution in [2.45, 2.75) is 18.5 Å². The predicted molar refractivity (Wildman–Crippen MR) is 45.9 cm³/mol. The van der Waals surface area contributed by atoms with Gasteiger partial charge in [0.2, 0.25) is 5.92 Å². The Morgan fingerprint density at radius 3 is 1.47 bits per heavy atom. The topological polar surface area (TPSA) is 0 Å². The molecule has 1 aromatic rings. The third-order valence-corrected chi connectivity index (χ3v) is 2.07. The lowest BCUT2D eigenvalue weighted by molar-refractivity contribution is -0.199. The average molecular weight is 295 g/mol. The summed E-state index contributed by atoms with van der Waals surface area (Å²) in [6.45, 7) is 0. The van der Waals surface area contributed by atoms with E-state index in [0.29, 0.717) is 12.1 Å². The van der Waals surface area contributed by atoms with Crippen LogP contribution in [0.15, 0.2) is 24.3 Å². The molecule has 0 aliphatic carbocycles. The van der Waals surface area contributed by atoms with Crippen LogP contribution in [0.1, 0.15) is 11.1 Å². The van der Waals surface area contributed by atoms with E-state index in [1.165, 1.54) is 0 Å². The molecular weight excluding hydrogens is 291 g/mol. The van der Waals surface area contributed by atoms with Crippen LogP contribution in [0.3, 0.4) is 0 Å². The lowest BCUT2D eigenvalue weighted by Gasteiger charge is -2.24. The quantitative estimate of drug-likeness (QED) is 0.656. The normalized spacial score (nSPS) is 14.0. The van der Waals surface area contributed by atoms with Gasteiger partial charge in [-0.3, -0.25) is 0 Å². The minimum Gasteiger partial charge on any atom is -0.170 e. The Labute approximate surface area is 100 Å². The maximum absolute atomic E-state index is 12.4. The van der Waals surface area contributed by atoms with Crippen molar-refractivity contribution in [2.24, 2.45) is 0 Å². The minimum absolute atomic E-state index is 0.138. The van der Waals surface area contributed by atoms with Gasteiger partial charge in [-0.1, -0.05) is 18.2 Å². The first-order chi connectivity index (χ1) is 8.35. The van der Waals surface area contributed by atoms with Gasteiger partial charge in [-0.2, -0.15) is 39.5 Å². The van der Waals surface area contributed by atoms with Crippen molar-refractivity contribution < 1.29 is 39.5 Å². The first kappa shape index (κ1) is 15.6. The van der Waals surface area contributed by atoms with Crippen molar-refractivity contribution in [3.63, 3.8) is 0 Å². The lowest BCUT2D eigenvalue weighted by Crippen LogP contribution is -2.36. The van der Waals surface area contributed by atoms with Crippen molar-refractivity contribution in [1.82, 2.24) is 0 Å². The molecule has 107 valence electrons. The number of halogens is 9. The van der Waals surface area contributed by atoms with Gasteiger partial charge >= 0.3 is 18.5 Å². The highest BCUT2D eigenvalue weighted by atomic mass is 19.4. The monoisotopic (exact) mass is 295 g/mol. The summed E-state index contributed by atoms with van der Waals surface area (Å²) in [7, 11) is 0. The van der Waals surface area contributed by atoms with E-state index < -0.39 is 35.6 Å². The first-order valence-electron chi connectivity index (χ1n) is 4.53. The zero-order valence-corrected chi connectivity index (χ0v) is 8.71. The molecule has 19 heavy (non-hydrogen) atoms. The summed E-state index contributed by atoms with van der Waals surface area (Å²) in [5, 5.41) is 0. The van der Waals surface area contributed by atoms with Gasteiger partial charge in [0.15, 0.2) is 0 Å². The average Bonchev–Trinajstić information content (AvgIpc) is 2.11. The van der Waals surface area contributed by atoms with E-state index in [-0.39, 0.29) is 12.1 Å². The summed E-state index contributed by atoms with van der Waals surface area (Å²) in [5.74, 6) is -3.17. The van der Waals surface area contributed by atoms with Gasteiger partial charge in [0.05, 0.1) is 5.56 Å². The molecule has 1 radical (unpaired) electrons. The van der Waals surface area contributed by atoms with E-state index in [1.54, 1.807) is 0 Å². The zero-order valence-electron chi connectivity index (χ0n) is 8.71. The number of alkyl halides is 9. The van der Waals surface area contributed by atoms with E-state index in [2.05, 4.69) is 0 Å².